The van der Waals surface area contributed by atoms with Crippen molar-refractivity contribution < 1.29 is 13.2 Å². The van der Waals surface area contributed by atoms with E-state index in [4.69, 9.17) is 0 Å². The molecule has 1 aromatic carbocycles. The van der Waals surface area contributed by atoms with E-state index in [1.54, 1.807) is 25.2 Å². The molecule has 0 bridgehead atoms. The van der Waals surface area contributed by atoms with Crippen molar-refractivity contribution in [2.75, 3.05) is 20.1 Å². The van der Waals surface area contributed by atoms with Crippen LogP contribution in [0.1, 0.15) is 18.4 Å². The Morgan fingerprint density at radius 3 is 2.48 bits per heavy atom. The minimum absolute atomic E-state index is 0.0106. The van der Waals surface area contributed by atoms with Crippen LogP contribution in [0.3, 0.4) is 0 Å². The van der Waals surface area contributed by atoms with E-state index in [2.05, 4.69) is 21.2 Å². The van der Waals surface area contributed by atoms with E-state index in [1.807, 2.05) is 6.92 Å². The monoisotopic (exact) mass is 374 g/mol. The number of hydrogen-bond donors (Lipinski definition) is 1. The lowest BCUT2D eigenvalue weighted by molar-refractivity contribution is -0.125. The van der Waals surface area contributed by atoms with Crippen molar-refractivity contribution in [2.24, 2.45) is 5.92 Å². The Hall–Kier alpha value is -0.920. The summed E-state index contributed by atoms with van der Waals surface area (Å²) >= 11 is 3.33. The molecule has 2 rings (SSSR count). The highest BCUT2D eigenvalue weighted by Crippen LogP contribution is 2.29. The van der Waals surface area contributed by atoms with E-state index >= 15 is 0 Å². The number of amides is 1. The summed E-state index contributed by atoms with van der Waals surface area (Å²) in [6.07, 6.45) is 1.12. The number of carbonyl (C=O) groups is 1. The van der Waals surface area contributed by atoms with Crippen LogP contribution < -0.4 is 5.32 Å². The van der Waals surface area contributed by atoms with Gasteiger partial charge in [-0.1, -0.05) is 6.07 Å². The molecule has 21 heavy (non-hydrogen) atoms. The molecule has 0 atom stereocenters. The standard InChI is InChI=1S/C14H19BrN2O3S/c1-10-3-4-13(12(15)9-10)21(19,20)17-7-5-11(6-8-17)14(18)16-2/h3-4,9,11H,5-8H2,1-2H3,(H,16,18). The van der Waals surface area contributed by atoms with Crippen molar-refractivity contribution in [2.45, 2.75) is 24.7 Å². The fraction of sp³-hybridized carbons (Fsp3) is 0.500. The molecule has 1 aliphatic heterocycles. The number of rotatable bonds is 3. The quantitative estimate of drug-likeness (QED) is 0.878. The van der Waals surface area contributed by atoms with Crippen molar-refractivity contribution >= 4 is 31.9 Å². The zero-order chi connectivity index (χ0) is 15.6. The normalized spacial score (nSPS) is 17.7. The lowest BCUT2D eigenvalue weighted by Crippen LogP contribution is -2.42. The van der Waals surface area contributed by atoms with E-state index in [9.17, 15) is 13.2 Å². The predicted octanol–water partition coefficient (Wildman–Crippen LogP) is 1.90. The zero-order valence-corrected chi connectivity index (χ0v) is 14.5. The molecule has 1 aliphatic rings. The van der Waals surface area contributed by atoms with E-state index in [0.29, 0.717) is 30.4 Å². The maximum atomic E-state index is 12.7. The zero-order valence-electron chi connectivity index (χ0n) is 12.1. The highest BCUT2D eigenvalue weighted by Gasteiger charge is 2.32. The fourth-order valence-electron chi connectivity index (χ4n) is 2.52. The van der Waals surface area contributed by atoms with Crippen molar-refractivity contribution in [1.82, 2.24) is 9.62 Å². The van der Waals surface area contributed by atoms with E-state index < -0.39 is 10.0 Å². The van der Waals surface area contributed by atoms with Gasteiger partial charge in [-0.3, -0.25) is 4.79 Å². The maximum Gasteiger partial charge on any atom is 0.244 e. The smallest absolute Gasteiger partial charge is 0.244 e. The summed E-state index contributed by atoms with van der Waals surface area (Å²) in [7, 11) is -1.90. The predicted molar refractivity (Wildman–Crippen MR) is 84.4 cm³/mol. The Kier molecular flexibility index (Phi) is 5.06. The largest absolute Gasteiger partial charge is 0.359 e. The number of benzene rings is 1. The van der Waals surface area contributed by atoms with Gasteiger partial charge >= 0.3 is 0 Å². The van der Waals surface area contributed by atoms with Crippen LogP contribution in [0.5, 0.6) is 0 Å². The molecule has 5 nitrogen and oxygen atoms in total. The van der Waals surface area contributed by atoms with Gasteiger partial charge in [0.15, 0.2) is 0 Å². The fourth-order valence-corrected chi connectivity index (χ4v) is 5.14. The molecule has 1 heterocycles. The Morgan fingerprint density at radius 2 is 1.95 bits per heavy atom. The number of nitrogens with one attached hydrogen (secondary N) is 1. The lowest BCUT2D eigenvalue weighted by atomic mass is 9.97. The molecule has 0 unspecified atom stereocenters. The molecule has 1 saturated heterocycles. The Labute approximate surface area is 133 Å². The SMILES string of the molecule is CNC(=O)C1CCN(S(=O)(=O)c2ccc(C)cc2Br)CC1. The van der Waals surface area contributed by atoms with Gasteiger partial charge in [0.2, 0.25) is 15.9 Å². The molecule has 1 N–H and O–H groups in total. The molecule has 1 fully saturated rings. The molecule has 1 amide bonds. The van der Waals surface area contributed by atoms with Gasteiger partial charge in [0.1, 0.15) is 0 Å². The van der Waals surface area contributed by atoms with Crippen LogP contribution in [-0.4, -0.2) is 38.8 Å². The second-order valence-electron chi connectivity index (χ2n) is 5.23. The molecule has 7 heteroatoms. The van der Waals surface area contributed by atoms with Crippen molar-refractivity contribution in [3.8, 4) is 0 Å². The number of halogens is 1. The molecule has 0 spiro atoms. The van der Waals surface area contributed by atoms with Gasteiger partial charge in [-0.15, -0.1) is 0 Å². The van der Waals surface area contributed by atoms with E-state index in [1.165, 1.54) is 4.31 Å². The van der Waals surface area contributed by atoms with Gasteiger partial charge in [0, 0.05) is 30.5 Å². The summed E-state index contributed by atoms with van der Waals surface area (Å²) in [6.45, 7) is 2.66. The van der Waals surface area contributed by atoms with Gasteiger partial charge in [-0.25, -0.2) is 8.42 Å². The summed E-state index contributed by atoms with van der Waals surface area (Å²) in [5, 5.41) is 2.62. The Morgan fingerprint density at radius 1 is 1.33 bits per heavy atom. The summed E-state index contributed by atoms with van der Waals surface area (Å²) < 4.78 is 27.4. The van der Waals surface area contributed by atoms with Crippen LogP contribution in [0, 0.1) is 12.8 Å². The van der Waals surface area contributed by atoms with E-state index in [0.717, 1.165) is 5.56 Å². The van der Waals surface area contributed by atoms with Crippen LogP contribution in [0.25, 0.3) is 0 Å². The second-order valence-corrected chi connectivity index (χ2v) is 7.99. The summed E-state index contributed by atoms with van der Waals surface area (Å²) in [5.74, 6) is -0.105. The molecule has 116 valence electrons. The van der Waals surface area contributed by atoms with Crippen molar-refractivity contribution in [1.29, 1.82) is 0 Å². The number of piperidine rings is 1. The van der Waals surface area contributed by atoms with Crippen LogP contribution >= 0.6 is 15.9 Å². The third-order valence-electron chi connectivity index (χ3n) is 3.78. The summed E-state index contributed by atoms with van der Waals surface area (Å²) in [4.78, 5) is 11.9. The first-order valence-corrected chi connectivity index (χ1v) is 9.07. The summed E-state index contributed by atoms with van der Waals surface area (Å²) in [5.41, 5.74) is 0.999. The third kappa shape index (κ3) is 3.46. The molecule has 0 aromatic heterocycles. The Bertz CT molecular complexity index is 638. The van der Waals surface area contributed by atoms with Gasteiger partial charge in [0.05, 0.1) is 4.90 Å². The molecule has 0 radical (unpaired) electrons. The van der Waals surface area contributed by atoms with Gasteiger partial charge < -0.3 is 5.32 Å². The third-order valence-corrected chi connectivity index (χ3v) is 6.65. The maximum absolute atomic E-state index is 12.7. The molecule has 0 saturated carbocycles. The first-order valence-electron chi connectivity index (χ1n) is 6.84. The van der Waals surface area contributed by atoms with Crippen molar-refractivity contribution in [3.63, 3.8) is 0 Å². The lowest BCUT2D eigenvalue weighted by Gasteiger charge is -2.30. The van der Waals surface area contributed by atoms with Crippen LogP contribution in [0.2, 0.25) is 0 Å². The van der Waals surface area contributed by atoms with E-state index in [-0.39, 0.29) is 16.7 Å². The second kappa shape index (κ2) is 6.46. The number of aryl methyl sites for hydroxylation is 1. The van der Waals surface area contributed by atoms with Gasteiger partial charge in [-0.2, -0.15) is 4.31 Å². The molecular formula is C14H19BrN2O3S. The van der Waals surface area contributed by atoms with Crippen LogP contribution in [0.15, 0.2) is 27.6 Å². The highest BCUT2D eigenvalue weighted by molar-refractivity contribution is 9.10. The molecule has 1 aromatic rings. The van der Waals surface area contributed by atoms with Gasteiger partial charge in [0.25, 0.3) is 0 Å². The molecular weight excluding hydrogens is 356 g/mol. The number of hydrogen-bond acceptors (Lipinski definition) is 3. The number of nitrogens with zero attached hydrogens (tertiary/aromatic N) is 1. The first-order chi connectivity index (χ1) is 9.86. The minimum atomic E-state index is -3.51. The average molecular weight is 375 g/mol. The average Bonchev–Trinajstić information content (AvgIpc) is 2.46. The minimum Gasteiger partial charge on any atom is -0.359 e. The Balaban J connectivity index is 2.17. The highest BCUT2D eigenvalue weighted by atomic mass is 79.9. The number of carbonyl (C=O) groups excluding carboxylic acids is 1. The van der Waals surface area contributed by atoms with Crippen LogP contribution in [0.4, 0.5) is 0 Å². The first kappa shape index (κ1) is 16.5. The number of sulfonamides is 1. The summed E-state index contributed by atoms with van der Waals surface area (Å²) in [6, 6.07) is 5.21. The van der Waals surface area contributed by atoms with Gasteiger partial charge in [-0.05, 0) is 53.4 Å². The molecule has 0 aliphatic carbocycles. The van der Waals surface area contributed by atoms with Crippen molar-refractivity contribution in [3.05, 3.63) is 28.2 Å². The topological polar surface area (TPSA) is 66.5 Å². The van der Waals surface area contributed by atoms with Crippen LogP contribution in [-0.2, 0) is 14.8 Å².